The molecule has 0 fully saturated rings. The molecule has 0 radical (unpaired) electrons. The fourth-order valence-electron chi connectivity index (χ4n) is 1.15. The Kier molecular flexibility index (Phi) is 3.75. The summed E-state index contributed by atoms with van der Waals surface area (Å²) < 4.78 is 1.16. The molecule has 0 atom stereocenters. The highest BCUT2D eigenvalue weighted by molar-refractivity contribution is 9.10. The van der Waals surface area contributed by atoms with Crippen molar-refractivity contribution in [2.75, 3.05) is 26.0 Å². The monoisotopic (exact) mass is 242 g/mol. The summed E-state index contributed by atoms with van der Waals surface area (Å²) in [5, 5.41) is 3.13. The Morgan fingerprint density at radius 1 is 1.38 bits per heavy atom. The van der Waals surface area contributed by atoms with Crippen LogP contribution in [-0.2, 0) is 6.54 Å². The van der Waals surface area contributed by atoms with Crippen molar-refractivity contribution >= 4 is 21.6 Å². The largest absolute Gasteiger partial charge is 0.378 e. The zero-order valence-electron chi connectivity index (χ0n) is 8.26. The molecular formula is C10H15BrN2. The van der Waals surface area contributed by atoms with E-state index in [0.29, 0.717) is 0 Å². The Bertz CT molecular complexity index is 284. The lowest BCUT2D eigenvalue weighted by Crippen LogP contribution is -2.10. The van der Waals surface area contributed by atoms with Crippen molar-refractivity contribution in [1.29, 1.82) is 0 Å². The summed E-state index contributed by atoms with van der Waals surface area (Å²) in [6, 6.07) is 6.39. The van der Waals surface area contributed by atoms with Crippen molar-refractivity contribution in [2.45, 2.75) is 6.54 Å². The van der Waals surface area contributed by atoms with Gasteiger partial charge in [0.2, 0.25) is 0 Å². The Hall–Kier alpha value is -0.540. The molecular weight excluding hydrogens is 228 g/mol. The van der Waals surface area contributed by atoms with E-state index < -0.39 is 0 Å². The van der Waals surface area contributed by atoms with Crippen LogP contribution in [0.4, 0.5) is 5.69 Å². The number of rotatable bonds is 3. The summed E-state index contributed by atoms with van der Waals surface area (Å²) in [6.07, 6.45) is 0. The second kappa shape index (κ2) is 4.63. The maximum absolute atomic E-state index is 3.55. The van der Waals surface area contributed by atoms with Gasteiger partial charge in [-0.3, -0.25) is 0 Å². The summed E-state index contributed by atoms with van der Waals surface area (Å²) in [4.78, 5) is 2.09. The molecule has 1 aromatic carbocycles. The molecule has 1 rings (SSSR count). The van der Waals surface area contributed by atoms with Gasteiger partial charge in [-0.1, -0.05) is 22.0 Å². The highest BCUT2D eigenvalue weighted by Gasteiger charge is 2.01. The first-order valence-electron chi connectivity index (χ1n) is 4.25. The quantitative estimate of drug-likeness (QED) is 0.875. The average Bonchev–Trinajstić information content (AvgIpc) is 2.08. The fourth-order valence-corrected chi connectivity index (χ4v) is 1.66. The molecule has 1 N–H and O–H groups in total. The van der Waals surface area contributed by atoms with Crippen LogP contribution in [0.3, 0.4) is 0 Å². The molecule has 0 bridgehead atoms. The van der Waals surface area contributed by atoms with E-state index in [0.717, 1.165) is 11.0 Å². The summed E-state index contributed by atoms with van der Waals surface area (Å²) in [6.45, 7) is 0.897. The molecule has 13 heavy (non-hydrogen) atoms. The van der Waals surface area contributed by atoms with Crippen LogP contribution in [0.5, 0.6) is 0 Å². The van der Waals surface area contributed by atoms with Gasteiger partial charge in [0.1, 0.15) is 0 Å². The average molecular weight is 243 g/mol. The van der Waals surface area contributed by atoms with Crippen LogP contribution in [0.25, 0.3) is 0 Å². The zero-order chi connectivity index (χ0) is 9.84. The number of hydrogen-bond acceptors (Lipinski definition) is 2. The molecule has 0 amide bonds. The van der Waals surface area contributed by atoms with E-state index in [2.05, 4.69) is 44.3 Å². The molecule has 0 saturated heterocycles. The van der Waals surface area contributed by atoms with Gasteiger partial charge in [0.25, 0.3) is 0 Å². The van der Waals surface area contributed by atoms with Crippen LogP contribution in [0.1, 0.15) is 5.56 Å². The molecule has 0 unspecified atom stereocenters. The van der Waals surface area contributed by atoms with Gasteiger partial charge < -0.3 is 10.2 Å². The maximum atomic E-state index is 3.55. The van der Waals surface area contributed by atoms with E-state index in [1.807, 2.05) is 21.1 Å². The zero-order valence-corrected chi connectivity index (χ0v) is 9.85. The first-order valence-corrected chi connectivity index (χ1v) is 5.05. The number of halogens is 1. The molecule has 0 spiro atoms. The number of nitrogens with zero attached hydrogens (tertiary/aromatic N) is 1. The van der Waals surface area contributed by atoms with Crippen LogP contribution < -0.4 is 10.2 Å². The van der Waals surface area contributed by atoms with Crippen LogP contribution in [0, 0.1) is 0 Å². The fraction of sp³-hybridized carbons (Fsp3) is 0.400. The van der Waals surface area contributed by atoms with E-state index >= 15 is 0 Å². The molecule has 2 nitrogen and oxygen atoms in total. The molecule has 0 saturated carbocycles. The minimum Gasteiger partial charge on any atom is -0.378 e. The Labute approximate surface area is 88.1 Å². The second-order valence-electron chi connectivity index (χ2n) is 3.20. The summed E-state index contributed by atoms with van der Waals surface area (Å²) in [7, 11) is 6.03. The second-order valence-corrected chi connectivity index (χ2v) is 4.05. The minimum atomic E-state index is 0.897. The molecule has 3 heteroatoms. The summed E-state index contributed by atoms with van der Waals surface area (Å²) in [5.41, 5.74) is 2.50. The Morgan fingerprint density at radius 2 is 2.08 bits per heavy atom. The van der Waals surface area contributed by atoms with Gasteiger partial charge in [-0.2, -0.15) is 0 Å². The molecule has 0 aliphatic rings. The summed E-state index contributed by atoms with van der Waals surface area (Å²) in [5.74, 6) is 0. The van der Waals surface area contributed by atoms with Crippen molar-refractivity contribution in [1.82, 2.24) is 5.32 Å². The Balaban J connectivity index is 2.92. The van der Waals surface area contributed by atoms with E-state index in [1.54, 1.807) is 0 Å². The lowest BCUT2D eigenvalue weighted by atomic mass is 10.2. The first kappa shape index (κ1) is 10.5. The predicted molar refractivity (Wildman–Crippen MR) is 61.2 cm³/mol. The number of hydrogen-bond donors (Lipinski definition) is 1. The van der Waals surface area contributed by atoms with Crippen LogP contribution in [0.15, 0.2) is 22.7 Å². The van der Waals surface area contributed by atoms with E-state index in [4.69, 9.17) is 0 Å². The molecule has 0 heterocycles. The van der Waals surface area contributed by atoms with Gasteiger partial charge in [0, 0.05) is 30.8 Å². The Morgan fingerprint density at radius 3 is 2.54 bits per heavy atom. The topological polar surface area (TPSA) is 15.3 Å². The number of benzene rings is 1. The molecule has 0 aliphatic carbocycles. The first-order chi connectivity index (χ1) is 6.15. The van der Waals surface area contributed by atoms with Crippen molar-refractivity contribution < 1.29 is 0 Å². The van der Waals surface area contributed by atoms with Gasteiger partial charge in [0.05, 0.1) is 0 Å². The van der Waals surface area contributed by atoms with Gasteiger partial charge in [-0.25, -0.2) is 0 Å². The van der Waals surface area contributed by atoms with Gasteiger partial charge in [-0.05, 0) is 24.7 Å². The van der Waals surface area contributed by atoms with Gasteiger partial charge >= 0.3 is 0 Å². The smallest absolute Gasteiger partial charge is 0.0372 e. The van der Waals surface area contributed by atoms with Crippen LogP contribution in [0.2, 0.25) is 0 Å². The van der Waals surface area contributed by atoms with E-state index in [9.17, 15) is 0 Å². The van der Waals surface area contributed by atoms with Crippen LogP contribution in [-0.4, -0.2) is 21.1 Å². The van der Waals surface area contributed by atoms with Crippen LogP contribution >= 0.6 is 15.9 Å². The van der Waals surface area contributed by atoms with Gasteiger partial charge in [0.15, 0.2) is 0 Å². The molecule has 72 valence electrons. The maximum Gasteiger partial charge on any atom is 0.0372 e. The van der Waals surface area contributed by atoms with E-state index in [1.165, 1.54) is 11.3 Å². The third-order valence-electron chi connectivity index (χ3n) is 1.92. The normalized spacial score (nSPS) is 10.2. The van der Waals surface area contributed by atoms with Crippen molar-refractivity contribution in [2.24, 2.45) is 0 Å². The van der Waals surface area contributed by atoms with Crippen molar-refractivity contribution in [3.63, 3.8) is 0 Å². The van der Waals surface area contributed by atoms with E-state index in [-0.39, 0.29) is 0 Å². The standard InChI is InChI=1S/C10H15BrN2/c1-12-7-8-4-5-9(13(2)3)6-10(8)11/h4-6,12H,7H2,1-3H3. The van der Waals surface area contributed by atoms with Gasteiger partial charge in [-0.15, -0.1) is 0 Å². The third-order valence-corrected chi connectivity index (χ3v) is 2.66. The lowest BCUT2D eigenvalue weighted by Gasteiger charge is -2.14. The van der Waals surface area contributed by atoms with Crippen molar-refractivity contribution in [3.05, 3.63) is 28.2 Å². The summed E-state index contributed by atoms with van der Waals surface area (Å²) >= 11 is 3.55. The molecule has 0 aliphatic heterocycles. The highest BCUT2D eigenvalue weighted by Crippen LogP contribution is 2.22. The SMILES string of the molecule is CNCc1ccc(N(C)C)cc1Br. The predicted octanol–water partition coefficient (Wildman–Crippen LogP) is 2.23. The highest BCUT2D eigenvalue weighted by atomic mass is 79.9. The van der Waals surface area contributed by atoms with Crippen molar-refractivity contribution in [3.8, 4) is 0 Å². The molecule has 0 aromatic heterocycles. The number of anilines is 1. The third kappa shape index (κ3) is 2.71. The minimum absolute atomic E-state index is 0.897. The molecule has 1 aromatic rings. The lowest BCUT2D eigenvalue weighted by molar-refractivity contribution is 0.814. The number of nitrogens with one attached hydrogen (secondary N) is 1.